The molecule has 0 saturated heterocycles. The molecule has 0 amide bonds. The van der Waals surface area contributed by atoms with E-state index in [0.29, 0.717) is 0 Å². The molecule has 20 heavy (non-hydrogen) atoms. The summed E-state index contributed by atoms with van der Waals surface area (Å²) in [4.78, 5) is 0. The maximum atomic E-state index is 5.86. The second-order valence-corrected chi connectivity index (χ2v) is 5.85. The molecule has 2 aromatic rings. The number of hydrogen-bond donors (Lipinski definition) is 2. The molecule has 4 N–H and O–H groups in total. The van der Waals surface area contributed by atoms with Gasteiger partial charge in [-0.1, -0.05) is 43.5 Å². The van der Waals surface area contributed by atoms with Gasteiger partial charge in [0, 0.05) is 11.4 Å². The van der Waals surface area contributed by atoms with Crippen LogP contribution in [0, 0.1) is 0 Å². The number of hydrogen-bond acceptors (Lipinski definition) is 2. The molecule has 0 aliphatic heterocycles. The van der Waals surface area contributed by atoms with Crippen LogP contribution >= 0.6 is 0 Å². The van der Waals surface area contributed by atoms with E-state index in [9.17, 15) is 0 Å². The van der Waals surface area contributed by atoms with Gasteiger partial charge >= 0.3 is 0 Å². The molecule has 3 rings (SSSR count). The third-order valence-corrected chi connectivity index (χ3v) is 4.30. The lowest BCUT2D eigenvalue weighted by Gasteiger charge is -2.22. The van der Waals surface area contributed by atoms with E-state index in [1.165, 1.54) is 43.2 Å². The van der Waals surface area contributed by atoms with Gasteiger partial charge in [0.2, 0.25) is 0 Å². The van der Waals surface area contributed by atoms with Crippen molar-refractivity contribution in [1.82, 2.24) is 0 Å². The average Bonchev–Trinajstić information content (AvgIpc) is 2.47. The Labute approximate surface area is 120 Å². The second kappa shape index (κ2) is 5.58. The summed E-state index contributed by atoms with van der Waals surface area (Å²) in [5.41, 5.74) is 16.9. The van der Waals surface area contributed by atoms with Gasteiger partial charge in [0.1, 0.15) is 0 Å². The molecule has 0 radical (unpaired) electrons. The zero-order valence-corrected chi connectivity index (χ0v) is 11.8. The van der Waals surface area contributed by atoms with E-state index in [1.807, 2.05) is 12.1 Å². The van der Waals surface area contributed by atoms with Gasteiger partial charge in [-0.2, -0.15) is 0 Å². The molecular formula is C18H22N2. The molecule has 2 nitrogen and oxygen atoms in total. The fourth-order valence-electron chi connectivity index (χ4n) is 3.23. The smallest absolute Gasteiger partial charge is 0.0340 e. The van der Waals surface area contributed by atoms with E-state index in [0.717, 1.165) is 22.9 Å². The van der Waals surface area contributed by atoms with Crippen molar-refractivity contribution < 1.29 is 0 Å². The summed E-state index contributed by atoms with van der Waals surface area (Å²) in [6.07, 6.45) is 6.82. The Kier molecular flexibility index (Phi) is 3.64. The normalized spacial score (nSPS) is 16.2. The van der Waals surface area contributed by atoms with Crippen molar-refractivity contribution in [2.24, 2.45) is 0 Å². The van der Waals surface area contributed by atoms with E-state index in [1.54, 1.807) is 6.07 Å². The Morgan fingerprint density at radius 3 is 1.90 bits per heavy atom. The number of nitrogen functional groups attached to an aromatic ring is 2. The highest BCUT2D eigenvalue weighted by atomic mass is 14.6. The number of benzene rings is 2. The van der Waals surface area contributed by atoms with Crippen molar-refractivity contribution in [2.45, 2.75) is 38.0 Å². The van der Waals surface area contributed by atoms with E-state index in [4.69, 9.17) is 11.5 Å². The van der Waals surface area contributed by atoms with Crippen molar-refractivity contribution in [3.05, 3.63) is 48.0 Å². The maximum absolute atomic E-state index is 5.86. The Morgan fingerprint density at radius 1 is 0.700 bits per heavy atom. The largest absolute Gasteiger partial charge is 0.399 e. The third kappa shape index (κ3) is 2.79. The summed E-state index contributed by atoms with van der Waals surface area (Å²) >= 11 is 0. The van der Waals surface area contributed by atoms with Crippen LogP contribution < -0.4 is 11.5 Å². The summed E-state index contributed by atoms with van der Waals surface area (Å²) in [5, 5.41) is 0. The molecule has 0 heterocycles. The molecular weight excluding hydrogens is 244 g/mol. The first kappa shape index (κ1) is 13.0. The van der Waals surface area contributed by atoms with Crippen LogP contribution in [0.15, 0.2) is 42.5 Å². The highest BCUT2D eigenvalue weighted by Crippen LogP contribution is 2.34. The molecule has 0 spiro atoms. The lowest BCUT2D eigenvalue weighted by Crippen LogP contribution is -2.04. The highest BCUT2D eigenvalue weighted by molar-refractivity contribution is 5.72. The Hall–Kier alpha value is -1.96. The highest BCUT2D eigenvalue weighted by Gasteiger charge is 2.15. The van der Waals surface area contributed by atoms with Crippen LogP contribution in [-0.2, 0) is 0 Å². The second-order valence-electron chi connectivity index (χ2n) is 5.85. The van der Waals surface area contributed by atoms with Gasteiger partial charge in [-0.15, -0.1) is 0 Å². The summed E-state index contributed by atoms with van der Waals surface area (Å²) in [7, 11) is 0. The summed E-state index contributed by atoms with van der Waals surface area (Å²) in [5.74, 6) is 0.753. The maximum Gasteiger partial charge on any atom is 0.0340 e. The van der Waals surface area contributed by atoms with Gasteiger partial charge in [0.15, 0.2) is 0 Å². The molecule has 0 aromatic heterocycles. The fraction of sp³-hybridized carbons (Fsp3) is 0.333. The van der Waals surface area contributed by atoms with Crippen LogP contribution in [0.25, 0.3) is 11.1 Å². The molecule has 104 valence electrons. The minimum Gasteiger partial charge on any atom is -0.399 e. The van der Waals surface area contributed by atoms with Crippen molar-refractivity contribution >= 4 is 11.4 Å². The zero-order valence-electron chi connectivity index (χ0n) is 11.8. The molecule has 2 aromatic carbocycles. The summed E-state index contributed by atoms with van der Waals surface area (Å²) < 4.78 is 0. The number of rotatable bonds is 2. The van der Waals surface area contributed by atoms with Crippen LogP contribution in [0.5, 0.6) is 0 Å². The van der Waals surface area contributed by atoms with E-state index in [2.05, 4.69) is 24.3 Å². The SMILES string of the molecule is Nc1cc(N)cc(-c2ccc(C3CCCCC3)cc2)c1. The standard InChI is InChI=1S/C18H22N2/c19-17-10-16(11-18(20)12-17)15-8-6-14(7-9-15)13-4-2-1-3-5-13/h6-13H,1-5,19-20H2. The topological polar surface area (TPSA) is 52.0 Å². The van der Waals surface area contributed by atoms with Gasteiger partial charge < -0.3 is 11.5 Å². The molecule has 1 aliphatic carbocycles. The Balaban J connectivity index is 1.85. The zero-order chi connectivity index (χ0) is 13.9. The first-order valence-electron chi connectivity index (χ1n) is 7.49. The summed E-state index contributed by atoms with van der Waals surface area (Å²) in [6, 6.07) is 14.7. The molecule has 0 bridgehead atoms. The van der Waals surface area contributed by atoms with Gasteiger partial charge in [0.05, 0.1) is 0 Å². The van der Waals surface area contributed by atoms with Crippen LogP contribution in [0.4, 0.5) is 11.4 Å². The minimum atomic E-state index is 0.719. The van der Waals surface area contributed by atoms with Crippen LogP contribution in [0.1, 0.15) is 43.6 Å². The van der Waals surface area contributed by atoms with Crippen molar-refractivity contribution in [2.75, 3.05) is 11.5 Å². The van der Waals surface area contributed by atoms with Crippen molar-refractivity contribution in [3.8, 4) is 11.1 Å². The predicted molar refractivity (Wildman–Crippen MR) is 86.5 cm³/mol. The number of anilines is 2. The van der Waals surface area contributed by atoms with Gasteiger partial charge in [-0.05, 0) is 53.6 Å². The predicted octanol–water partition coefficient (Wildman–Crippen LogP) is 4.57. The van der Waals surface area contributed by atoms with Gasteiger partial charge in [-0.25, -0.2) is 0 Å². The quantitative estimate of drug-likeness (QED) is 0.782. The van der Waals surface area contributed by atoms with Gasteiger partial charge in [0.25, 0.3) is 0 Å². The van der Waals surface area contributed by atoms with E-state index < -0.39 is 0 Å². The third-order valence-electron chi connectivity index (χ3n) is 4.30. The van der Waals surface area contributed by atoms with E-state index >= 15 is 0 Å². The monoisotopic (exact) mass is 266 g/mol. The lowest BCUT2D eigenvalue weighted by atomic mass is 9.84. The molecule has 0 unspecified atom stereocenters. The molecule has 1 saturated carbocycles. The Morgan fingerprint density at radius 2 is 1.30 bits per heavy atom. The fourth-order valence-corrected chi connectivity index (χ4v) is 3.23. The van der Waals surface area contributed by atoms with Crippen molar-refractivity contribution in [1.29, 1.82) is 0 Å². The lowest BCUT2D eigenvalue weighted by molar-refractivity contribution is 0.443. The Bertz CT molecular complexity index is 561. The van der Waals surface area contributed by atoms with Crippen LogP contribution in [0.3, 0.4) is 0 Å². The first-order chi connectivity index (χ1) is 9.72. The molecule has 0 atom stereocenters. The van der Waals surface area contributed by atoms with E-state index in [-0.39, 0.29) is 0 Å². The van der Waals surface area contributed by atoms with Crippen LogP contribution in [-0.4, -0.2) is 0 Å². The minimum absolute atomic E-state index is 0.719. The average molecular weight is 266 g/mol. The number of nitrogens with two attached hydrogens (primary N) is 2. The molecule has 1 aliphatic rings. The first-order valence-corrected chi connectivity index (χ1v) is 7.49. The molecule has 1 fully saturated rings. The van der Waals surface area contributed by atoms with Gasteiger partial charge in [-0.3, -0.25) is 0 Å². The molecule has 2 heteroatoms. The van der Waals surface area contributed by atoms with Crippen molar-refractivity contribution in [3.63, 3.8) is 0 Å². The summed E-state index contributed by atoms with van der Waals surface area (Å²) in [6.45, 7) is 0. The van der Waals surface area contributed by atoms with Crippen LogP contribution in [0.2, 0.25) is 0 Å².